The summed E-state index contributed by atoms with van der Waals surface area (Å²) in [5.74, 6) is 0. The van der Waals surface area contributed by atoms with E-state index in [0.717, 1.165) is 12.8 Å². The SMILES string of the molecule is FC(F)(F)CC(NC1CC=CC1)c1ccccc1. The Morgan fingerprint density at radius 1 is 1.11 bits per heavy atom. The van der Waals surface area contributed by atoms with Gasteiger partial charge in [-0.3, -0.25) is 0 Å². The van der Waals surface area contributed by atoms with Crippen LogP contribution >= 0.6 is 0 Å². The molecular formula is C14H16F3N. The molecule has 0 heterocycles. The Bertz CT molecular complexity index is 389. The Kier molecular flexibility index (Phi) is 4.07. The molecule has 0 aromatic heterocycles. The van der Waals surface area contributed by atoms with E-state index < -0.39 is 18.6 Å². The molecule has 0 spiro atoms. The fraction of sp³-hybridized carbons (Fsp3) is 0.429. The zero-order valence-corrected chi connectivity index (χ0v) is 9.95. The third-order valence-corrected chi connectivity index (χ3v) is 3.08. The molecule has 0 bridgehead atoms. The molecule has 0 saturated heterocycles. The van der Waals surface area contributed by atoms with Crippen LogP contribution in [0.1, 0.15) is 30.9 Å². The average Bonchev–Trinajstić information content (AvgIpc) is 2.80. The third kappa shape index (κ3) is 3.88. The molecular weight excluding hydrogens is 239 g/mol. The summed E-state index contributed by atoms with van der Waals surface area (Å²) >= 11 is 0. The molecule has 1 nitrogen and oxygen atoms in total. The van der Waals surface area contributed by atoms with Crippen molar-refractivity contribution >= 4 is 0 Å². The van der Waals surface area contributed by atoms with Gasteiger partial charge in [0, 0.05) is 12.1 Å². The summed E-state index contributed by atoms with van der Waals surface area (Å²) in [5, 5.41) is 3.11. The van der Waals surface area contributed by atoms with Crippen molar-refractivity contribution in [3.63, 3.8) is 0 Å². The van der Waals surface area contributed by atoms with E-state index in [4.69, 9.17) is 0 Å². The molecule has 1 aliphatic rings. The molecule has 1 aromatic carbocycles. The molecule has 0 fully saturated rings. The Balaban J connectivity index is 2.07. The van der Waals surface area contributed by atoms with Crippen molar-refractivity contribution < 1.29 is 13.2 Å². The van der Waals surface area contributed by atoms with Crippen molar-refractivity contribution in [2.24, 2.45) is 0 Å². The molecule has 1 aliphatic carbocycles. The lowest BCUT2D eigenvalue weighted by Crippen LogP contribution is -2.33. The van der Waals surface area contributed by atoms with E-state index in [1.165, 1.54) is 0 Å². The van der Waals surface area contributed by atoms with Crippen LogP contribution in [0.25, 0.3) is 0 Å². The Morgan fingerprint density at radius 2 is 1.72 bits per heavy atom. The van der Waals surface area contributed by atoms with Crippen LogP contribution in [-0.2, 0) is 0 Å². The summed E-state index contributed by atoms with van der Waals surface area (Å²) in [4.78, 5) is 0. The fourth-order valence-electron chi connectivity index (χ4n) is 2.23. The second-order valence-electron chi connectivity index (χ2n) is 4.59. The maximum atomic E-state index is 12.6. The monoisotopic (exact) mass is 255 g/mol. The molecule has 0 amide bonds. The van der Waals surface area contributed by atoms with Gasteiger partial charge in [-0.1, -0.05) is 42.5 Å². The van der Waals surface area contributed by atoms with Crippen molar-refractivity contribution in [2.75, 3.05) is 0 Å². The van der Waals surface area contributed by atoms with Crippen molar-refractivity contribution in [3.05, 3.63) is 48.0 Å². The Hall–Kier alpha value is -1.29. The predicted molar refractivity (Wildman–Crippen MR) is 65.2 cm³/mol. The normalized spacial score (nSPS) is 18.2. The van der Waals surface area contributed by atoms with Gasteiger partial charge in [-0.05, 0) is 18.4 Å². The van der Waals surface area contributed by atoms with E-state index in [1.54, 1.807) is 24.3 Å². The molecule has 98 valence electrons. The second-order valence-corrected chi connectivity index (χ2v) is 4.59. The van der Waals surface area contributed by atoms with Crippen LogP contribution in [0.15, 0.2) is 42.5 Å². The van der Waals surface area contributed by atoms with Crippen LogP contribution in [0.3, 0.4) is 0 Å². The zero-order chi connectivity index (χ0) is 13.0. The minimum absolute atomic E-state index is 0.123. The van der Waals surface area contributed by atoms with Crippen LogP contribution in [0.4, 0.5) is 13.2 Å². The van der Waals surface area contributed by atoms with Gasteiger partial charge in [0.25, 0.3) is 0 Å². The summed E-state index contributed by atoms with van der Waals surface area (Å²) in [6.45, 7) is 0. The third-order valence-electron chi connectivity index (χ3n) is 3.08. The lowest BCUT2D eigenvalue weighted by atomic mass is 10.0. The highest BCUT2D eigenvalue weighted by molar-refractivity contribution is 5.19. The van der Waals surface area contributed by atoms with Crippen LogP contribution in [0.5, 0.6) is 0 Å². The molecule has 4 heteroatoms. The van der Waals surface area contributed by atoms with E-state index in [0.29, 0.717) is 5.56 Å². The van der Waals surface area contributed by atoms with E-state index in [2.05, 4.69) is 5.32 Å². The van der Waals surface area contributed by atoms with Crippen LogP contribution < -0.4 is 5.32 Å². The predicted octanol–water partition coefficient (Wildman–Crippen LogP) is 3.99. The van der Waals surface area contributed by atoms with Gasteiger partial charge < -0.3 is 5.32 Å². The number of rotatable bonds is 4. The van der Waals surface area contributed by atoms with Crippen molar-refractivity contribution in [1.82, 2.24) is 5.32 Å². The lowest BCUT2D eigenvalue weighted by molar-refractivity contribution is -0.140. The van der Waals surface area contributed by atoms with Gasteiger partial charge in [-0.2, -0.15) is 13.2 Å². The smallest absolute Gasteiger partial charge is 0.306 e. The average molecular weight is 255 g/mol. The fourth-order valence-corrected chi connectivity index (χ4v) is 2.23. The second kappa shape index (κ2) is 5.57. The summed E-state index contributed by atoms with van der Waals surface area (Å²) < 4.78 is 37.8. The number of benzene rings is 1. The summed E-state index contributed by atoms with van der Waals surface area (Å²) in [5.41, 5.74) is 0.696. The molecule has 1 aromatic rings. The molecule has 0 aliphatic heterocycles. The van der Waals surface area contributed by atoms with Gasteiger partial charge in [0.15, 0.2) is 0 Å². The molecule has 0 saturated carbocycles. The van der Waals surface area contributed by atoms with Crippen LogP contribution in [0.2, 0.25) is 0 Å². The molecule has 0 radical (unpaired) electrons. The summed E-state index contributed by atoms with van der Waals surface area (Å²) in [7, 11) is 0. The number of hydrogen-bond acceptors (Lipinski definition) is 1. The molecule has 2 rings (SSSR count). The first kappa shape index (κ1) is 13.1. The van der Waals surface area contributed by atoms with Crippen LogP contribution in [0, 0.1) is 0 Å². The van der Waals surface area contributed by atoms with Gasteiger partial charge in [0.2, 0.25) is 0 Å². The van der Waals surface area contributed by atoms with Crippen LogP contribution in [-0.4, -0.2) is 12.2 Å². The number of halogens is 3. The standard InChI is InChI=1S/C14H16F3N/c15-14(16,17)10-13(11-6-2-1-3-7-11)18-12-8-4-5-9-12/h1-7,12-13,18H,8-10H2. The lowest BCUT2D eigenvalue weighted by Gasteiger charge is -2.24. The van der Waals surface area contributed by atoms with Gasteiger partial charge in [0.05, 0.1) is 6.42 Å². The van der Waals surface area contributed by atoms with Crippen molar-refractivity contribution in [3.8, 4) is 0 Å². The quantitative estimate of drug-likeness (QED) is 0.802. The number of alkyl halides is 3. The zero-order valence-electron chi connectivity index (χ0n) is 9.95. The van der Waals surface area contributed by atoms with Gasteiger partial charge >= 0.3 is 6.18 Å². The first-order chi connectivity index (χ1) is 8.54. The minimum atomic E-state index is -4.15. The van der Waals surface area contributed by atoms with Gasteiger partial charge in [0.1, 0.15) is 0 Å². The number of nitrogens with one attached hydrogen (secondary N) is 1. The van der Waals surface area contributed by atoms with E-state index in [9.17, 15) is 13.2 Å². The number of hydrogen-bond donors (Lipinski definition) is 1. The van der Waals surface area contributed by atoms with Crippen molar-refractivity contribution in [2.45, 2.75) is 37.5 Å². The molecule has 1 unspecified atom stereocenters. The first-order valence-electron chi connectivity index (χ1n) is 6.07. The van der Waals surface area contributed by atoms with E-state index >= 15 is 0 Å². The highest BCUT2D eigenvalue weighted by atomic mass is 19.4. The maximum absolute atomic E-state index is 12.6. The molecule has 1 N–H and O–H groups in total. The topological polar surface area (TPSA) is 12.0 Å². The van der Waals surface area contributed by atoms with E-state index in [-0.39, 0.29) is 6.04 Å². The highest BCUT2D eigenvalue weighted by Crippen LogP contribution is 2.30. The largest absolute Gasteiger partial charge is 0.390 e. The molecule has 1 atom stereocenters. The summed E-state index contributed by atoms with van der Waals surface area (Å²) in [6.07, 6.45) is 0.649. The van der Waals surface area contributed by atoms with Crippen molar-refractivity contribution in [1.29, 1.82) is 0 Å². The first-order valence-corrected chi connectivity index (χ1v) is 6.07. The summed E-state index contributed by atoms with van der Waals surface area (Å²) in [6, 6.07) is 8.30. The minimum Gasteiger partial charge on any atom is -0.306 e. The van der Waals surface area contributed by atoms with Gasteiger partial charge in [-0.25, -0.2) is 0 Å². The highest BCUT2D eigenvalue weighted by Gasteiger charge is 2.33. The maximum Gasteiger partial charge on any atom is 0.390 e. The Morgan fingerprint density at radius 3 is 2.28 bits per heavy atom. The van der Waals surface area contributed by atoms with E-state index in [1.807, 2.05) is 18.2 Å². The molecule has 18 heavy (non-hydrogen) atoms. The Labute approximate surface area is 105 Å². The van der Waals surface area contributed by atoms with Gasteiger partial charge in [-0.15, -0.1) is 0 Å².